The highest BCUT2D eigenvalue weighted by atomic mass is 35.5. The van der Waals surface area contributed by atoms with Crippen LogP contribution in [0.15, 0.2) is 36.4 Å². The smallest absolute Gasteiger partial charge is 0.408 e. The number of nitrogens with zero attached hydrogens (tertiary/aromatic N) is 1. The second kappa shape index (κ2) is 13.5. The summed E-state index contributed by atoms with van der Waals surface area (Å²) in [6.07, 6.45) is 1.88. The van der Waals surface area contributed by atoms with Gasteiger partial charge in [-0.25, -0.2) is 4.79 Å². The number of anilines is 1. The van der Waals surface area contributed by atoms with E-state index < -0.39 is 17.7 Å². The van der Waals surface area contributed by atoms with Crippen LogP contribution in [0, 0.1) is 20.8 Å². The number of alkyl carbamates (subject to hydrolysis) is 1. The van der Waals surface area contributed by atoms with Gasteiger partial charge in [0.15, 0.2) is 0 Å². The van der Waals surface area contributed by atoms with Gasteiger partial charge in [-0.1, -0.05) is 67.3 Å². The van der Waals surface area contributed by atoms with E-state index in [4.69, 9.17) is 16.3 Å². The van der Waals surface area contributed by atoms with Crippen molar-refractivity contribution in [3.8, 4) is 0 Å². The molecule has 8 heteroatoms. The summed E-state index contributed by atoms with van der Waals surface area (Å²) in [5.41, 5.74) is 3.30. The molecule has 0 saturated carbocycles. The molecule has 2 aromatic rings. The lowest BCUT2D eigenvalue weighted by atomic mass is 9.96. The molecule has 0 bridgehead atoms. The van der Waals surface area contributed by atoms with E-state index >= 15 is 0 Å². The van der Waals surface area contributed by atoms with Gasteiger partial charge in [0.25, 0.3) is 5.91 Å². The summed E-state index contributed by atoms with van der Waals surface area (Å²) in [6.45, 7) is 13.2. The standard InChI is InChI=1S/C29H40ClN3O4/c1-8-9-10-16-33(24(34)18-31-28(36)37-29(5,6)7)26(22-15-14-19(2)17-21(22)4)27(35)32-25-20(3)12-11-13-23(25)30/h11-15,17,26H,8-10,16,18H2,1-7H3,(H,31,36)(H,32,35). The first-order valence-electron chi connectivity index (χ1n) is 12.7. The summed E-state index contributed by atoms with van der Waals surface area (Å²) in [5.74, 6) is -0.747. The fourth-order valence-electron chi connectivity index (χ4n) is 4.06. The third kappa shape index (κ3) is 9.08. The number of carbonyl (C=O) groups excluding carboxylic acids is 3. The second-order valence-corrected chi connectivity index (χ2v) is 10.7. The van der Waals surface area contributed by atoms with Crippen molar-refractivity contribution in [2.24, 2.45) is 0 Å². The summed E-state index contributed by atoms with van der Waals surface area (Å²) in [7, 11) is 0. The van der Waals surface area contributed by atoms with Crippen molar-refractivity contribution in [1.29, 1.82) is 0 Å². The Balaban J connectivity index is 2.46. The number of para-hydroxylation sites is 1. The van der Waals surface area contributed by atoms with Crippen LogP contribution < -0.4 is 10.6 Å². The number of benzene rings is 2. The van der Waals surface area contributed by atoms with Crippen LogP contribution in [0.3, 0.4) is 0 Å². The first-order chi connectivity index (χ1) is 17.3. The molecule has 0 aromatic heterocycles. The Morgan fingerprint density at radius 2 is 1.73 bits per heavy atom. The van der Waals surface area contributed by atoms with E-state index in [-0.39, 0.29) is 18.4 Å². The Morgan fingerprint density at radius 3 is 2.32 bits per heavy atom. The maximum atomic E-state index is 13.9. The minimum Gasteiger partial charge on any atom is -0.444 e. The van der Waals surface area contributed by atoms with Crippen LogP contribution in [0.1, 0.15) is 75.3 Å². The first kappa shape index (κ1) is 30.2. The van der Waals surface area contributed by atoms with Crippen LogP contribution in [0.5, 0.6) is 0 Å². The van der Waals surface area contributed by atoms with Gasteiger partial charge in [-0.05, 0) is 70.7 Å². The van der Waals surface area contributed by atoms with Crippen LogP contribution in [-0.2, 0) is 14.3 Å². The van der Waals surface area contributed by atoms with Crippen molar-refractivity contribution in [1.82, 2.24) is 10.2 Å². The SMILES string of the molecule is CCCCCN(C(=O)CNC(=O)OC(C)(C)C)C(C(=O)Nc1c(C)cccc1Cl)c1ccc(C)cc1C. The minimum absolute atomic E-state index is 0.291. The average molecular weight is 530 g/mol. The molecule has 37 heavy (non-hydrogen) atoms. The number of hydrogen-bond acceptors (Lipinski definition) is 4. The Hall–Kier alpha value is -3.06. The Labute approximate surface area is 225 Å². The number of ether oxygens (including phenoxy) is 1. The lowest BCUT2D eigenvalue weighted by molar-refractivity contribution is -0.138. The molecular formula is C29H40ClN3O4. The van der Waals surface area contributed by atoms with Crippen molar-refractivity contribution in [2.45, 2.75) is 79.4 Å². The van der Waals surface area contributed by atoms with Gasteiger partial charge >= 0.3 is 6.09 Å². The van der Waals surface area contributed by atoms with Gasteiger partial charge in [-0.2, -0.15) is 0 Å². The van der Waals surface area contributed by atoms with Gasteiger partial charge in [0.1, 0.15) is 18.2 Å². The summed E-state index contributed by atoms with van der Waals surface area (Å²) in [4.78, 5) is 41.2. The van der Waals surface area contributed by atoms with E-state index in [0.717, 1.165) is 35.1 Å². The maximum Gasteiger partial charge on any atom is 0.408 e. The van der Waals surface area contributed by atoms with E-state index in [1.54, 1.807) is 31.7 Å². The summed E-state index contributed by atoms with van der Waals surface area (Å²) in [6, 6.07) is 10.3. The Morgan fingerprint density at radius 1 is 1.03 bits per heavy atom. The van der Waals surface area contributed by atoms with E-state index in [1.165, 1.54) is 0 Å². The highest BCUT2D eigenvalue weighted by Crippen LogP contribution is 2.31. The lowest BCUT2D eigenvalue weighted by Crippen LogP contribution is -2.47. The molecule has 0 radical (unpaired) electrons. The molecule has 1 unspecified atom stereocenters. The number of unbranched alkanes of at least 4 members (excludes halogenated alkanes) is 2. The van der Waals surface area contributed by atoms with Crippen LogP contribution in [0.2, 0.25) is 5.02 Å². The molecule has 0 saturated heterocycles. The van der Waals surface area contributed by atoms with E-state index in [0.29, 0.717) is 23.7 Å². The molecule has 2 aromatic carbocycles. The normalized spacial score (nSPS) is 12.0. The van der Waals surface area contributed by atoms with E-state index in [1.807, 2.05) is 51.1 Å². The molecule has 1 atom stereocenters. The van der Waals surface area contributed by atoms with Crippen LogP contribution in [0.25, 0.3) is 0 Å². The van der Waals surface area contributed by atoms with Gasteiger partial charge in [-0.15, -0.1) is 0 Å². The third-order valence-corrected chi connectivity index (χ3v) is 6.17. The monoisotopic (exact) mass is 529 g/mol. The molecule has 0 aliphatic heterocycles. The van der Waals surface area contributed by atoms with E-state index in [9.17, 15) is 14.4 Å². The topological polar surface area (TPSA) is 87.7 Å². The number of aryl methyl sites for hydroxylation is 3. The summed E-state index contributed by atoms with van der Waals surface area (Å²) < 4.78 is 5.28. The summed E-state index contributed by atoms with van der Waals surface area (Å²) in [5, 5.41) is 5.93. The Kier molecular flexibility index (Phi) is 11.0. The number of nitrogens with one attached hydrogen (secondary N) is 2. The fraction of sp³-hybridized carbons (Fsp3) is 0.483. The summed E-state index contributed by atoms with van der Waals surface area (Å²) >= 11 is 6.40. The van der Waals surface area contributed by atoms with Crippen molar-refractivity contribution in [3.05, 3.63) is 63.7 Å². The quantitative estimate of drug-likeness (QED) is 0.344. The molecule has 202 valence electrons. The van der Waals surface area contributed by atoms with Gasteiger partial charge in [-0.3, -0.25) is 9.59 Å². The second-order valence-electron chi connectivity index (χ2n) is 10.3. The zero-order chi connectivity index (χ0) is 27.8. The number of rotatable bonds is 10. The number of carbonyl (C=O) groups is 3. The predicted octanol–water partition coefficient (Wildman–Crippen LogP) is 6.49. The Bertz CT molecular complexity index is 1090. The molecule has 7 nitrogen and oxygen atoms in total. The molecule has 0 spiro atoms. The first-order valence-corrected chi connectivity index (χ1v) is 13.1. The van der Waals surface area contributed by atoms with Crippen molar-refractivity contribution < 1.29 is 19.1 Å². The maximum absolute atomic E-state index is 13.9. The van der Waals surface area contributed by atoms with Crippen molar-refractivity contribution >= 4 is 35.2 Å². The lowest BCUT2D eigenvalue weighted by Gasteiger charge is -2.33. The van der Waals surface area contributed by atoms with Gasteiger partial charge in [0.05, 0.1) is 10.7 Å². The number of amides is 3. The molecule has 0 aliphatic carbocycles. The highest BCUT2D eigenvalue weighted by Gasteiger charge is 2.33. The van der Waals surface area contributed by atoms with Crippen molar-refractivity contribution in [3.63, 3.8) is 0 Å². The van der Waals surface area contributed by atoms with Gasteiger partial charge in [0.2, 0.25) is 5.91 Å². The minimum atomic E-state index is -0.916. The molecule has 0 aliphatic rings. The zero-order valence-corrected chi connectivity index (χ0v) is 23.8. The highest BCUT2D eigenvalue weighted by molar-refractivity contribution is 6.34. The van der Waals surface area contributed by atoms with E-state index in [2.05, 4.69) is 17.6 Å². The van der Waals surface area contributed by atoms with Gasteiger partial charge in [0, 0.05) is 6.54 Å². The molecule has 0 heterocycles. The molecule has 3 amide bonds. The van der Waals surface area contributed by atoms with Crippen LogP contribution in [-0.4, -0.2) is 41.5 Å². The number of halogens is 1. The average Bonchev–Trinajstić information content (AvgIpc) is 2.79. The molecular weight excluding hydrogens is 490 g/mol. The zero-order valence-electron chi connectivity index (χ0n) is 23.0. The van der Waals surface area contributed by atoms with Crippen LogP contribution in [0.4, 0.5) is 10.5 Å². The largest absolute Gasteiger partial charge is 0.444 e. The van der Waals surface area contributed by atoms with Crippen molar-refractivity contribution in [2.75, 3.05) is 18.4 Å². The fourth-order valence-corrected chi connectivity index (χ4v) is 4.33. The molecule has 0 fully saturated rings. The molecule has 2 rings (SSSR count). The molecule has 2 N–H and O–H groups in total. The number of hydrogen-bond donors (Lipinski definition) is 2. The van der Waals surface area contributed by atoms with Gasteiger partial charge < -0.3 is 20.3 Å². The van der Waals surface area contributed by atoms with Crippen LogP contribution >= 0.6 is 11.6 Å². The third-order valence-electron chi connectivity index (χ3n) is 5.86. The predicted molar refractivity (Wildman–Crippen MR) is 149 cm³/mol.